The van der Waals surface area contributed by atoms with Crippen molar-refractivity contribution < 1.29 is 27.5 Å². The molecule has 0 unspecified atom stereocenters. The van der Waals surface area contributed by atoms with Crippen LogP contribution >= 0.6 is 0 Å². The Kier molecular flexibility index (Phi) is 3.86. The lowest BCUT2D eigenvalue weighted by atomic mass is 9.81. The third-order valence-electron chi connectivity index (χ3n) is 4.87. The van der Waals surface area contributed by atoms with E-state index in [9.17, 15) is 18.0 Å². The van der Waals surface area contributed by atoms with E-state index in [0.29, 0.717) is 24.6 Å². The summed E-state index contributed by atoms with van der Waals surface area (Å²) >= 11 is 0. The number of alkyl halides is 3. The Labute approximate surface area is 130 Å². The SMILES string of the molecule is Cc1nnc(C2(C3CCN(C(=O)[C@@H](O)C(F)(F)F)CC3)CC2)o1. The van der Waals surface area contributed by atoms with E-state index in [1.54, 1.807) is 6.92 Å². The van der Waals surface area contributed by atoms with Crippen LogP contribution < -0.4 is 0 Å². The second-order valence-electron chi connectivity index (χ2n) is 6.33. The standard InChI is InChI=1S/C14H18F3N3O3/c1-8-18-19-12(23-8)13(4-5-13)9-2-6-20(7-3-9)11(22)10(21)14(15,16)17/h9-10,21H,2-7H2,1H3/t10-/m1/s1. The van der Waals surface area contributed by atoms with Gasteiger partial charge in [0.05, 0.1) is 5.41 Å². The average molecular weight is 333 g/mol. The van der Waals surface area contributed by atoms with Gasteiger partial charge in [0.15, 0.2) is 0 Å². The summed E-state index contributed by atoms with van der Waals surface area (Å²) in [7, 11) is 0. The van der Waals surface area contributed by atoms with E-state index in [1.165, 1.54) is 0 Å². The van der Waals surface area contributed by atoms with Gasteiger partial charge in [-0.3, -0.25) is 4.79 Å². The van der Waals surface area contributed by atoms with Gasteiger partial charge in [0.1, 0.15) is 0 Å². The van der Waals surface area contributed by atoms with Crippen molar-refractivity contribution in [3.05, 3.63) is 11.8 Å². The van der Waals surface area contributed by atoms with Crippen molar-refractivity contribution in [2.75, 3.05) is 13.1 Å². The zero-order valence-electron chi connectivity index (χ0n) is 12.6. The Morgan fingerprint density at radius 3 is 2.39 bits per heavy atom. The summed E-state index contributed by atoms with van der Waals surface area (Å²) in [5.41, 5.74) is -0.182. The number of hydrogen-bond acceptors (Lipinski definition) is 5. The largest absolute Gasteiger partial charge is 0.425 e. The molecule has 9 heteroatoms. The summed E-state index contributed by atoms with van der Waals surface area (Å²) in [6.07, 6.45) is -4.90. The summed E-state index contributed by atoms with van der Waals surface area (Å²) < 4.78 is 42.8. The van der Waals surface area contributed by atoms with Crippen LogP contribution in [0.3, 0.4) is 0 Å². The second-order valence-corrected chi connectivity index (χ2v) is 6.33. The second kappa shape index (κ2) is 5.47. The van der Waals surface area contributed by atoms with Gasteiger partial charge in [0, 0.05) is 20.0 Å². The zero-order chi connectivity index (χ0) is 16.8. The normalized spacial score (nSPS) is 22.9. The highest BCUT2D eigenvalue weighted by Crippen LogP contribution is 2.56. The molecule has 1 amide bonds. The number of aryl methyl sites for hydroxylation is 1. The van der Waals surface area contributed by atoms with Gasteiger partial charge in [0.2, 0.25) is 17.9 Å². The molecule has 23 heavy (non-hydrogen) atoms. The predicted molar refractivity (Wildman–Crippen MR) is 71.3 cm³/mol. The number of rotatable bonds is 3. The number of carbonyl (C=O) groups excluding carboxylic acids is 1. The van der Waals surface area contributed by atoms with Gasteiger partial charge in [-0.1, -0.05) is 0 Å². The lowest BCUT2D eigenvalue weighted by Gasteiger charge is -2.36. The van der Waals surface area contributed by atoms with Crippen LogP contribution in [0.4, 0.5) is 13.2 Å². The van der Waals surface area contributed by atoms with Gasteiger partial charge in [0.25, 0.3) is 5.91 Å². The van der Waals surface area contributed by atoms with E-state index in [0.717, 1.165) is 17.7 Å². The summed E-state index contributed by atoms with van der Waals surface area (Å²) in [6.45, 7) is 2.11. The van der Waals surface area contributed by atoms with Crippen LogP contribution in [-0.2, 0) is 10.2 Å². The third-order valence-corrected chi connectivity index (χ3v) is 4.87. The molecule has 1 aliphatic carbocycles. The van der Waals surface area contributed by atoms with Crippen LogP contribution in [0.5, 0.6) is 0 Å². The molecule has 1 saturated heterocycles. The molecular formula is C14H18F3N3O3. The lowest BCUT2D eigenvalue weighted by Crippen LogP contribution is -2.50. The van der Waals surface area contributed by atoms with Crippen LogP contribution in [0.1, 0.15) is 37.5 Å². The molecule has 2 aliphatic rings. The lowest BCUT2D eigenvalue weighted by molar-refractivity contribution is -0.211. The van der Waals surface area contributed by atoms with Crippen molar-refractivity contribution in [1.29, 1.82) is 0 Å². The third kappa shape index (κ3) is 2.93. The number of halogens is 3. The van der Waals surface area contributed by atoms with E-state index >= 15 is 0 Å². The summed E-state index contributed by atoms with van der Waals surface area (Å²) in [5, 5.41) is 17.0. The van der Waals surface area contributed by atoms with Crippen LogP contribution in [-0.4, -0.2) is 51.5 Å². The molecule has 6 nitrogen and oxygen atoms in total. The van der Waals surface area contributed by atoms with Crippen molar-refractivity contribution in [2.24, 2.45) is 5.92 Å². The summed E-state index contributed by atoms with van der Waals surface area (Å²) in [5.74, 6) is 0.0196. The van der Waals surface area contributed by atoms with Gasteiger partial charge >= 0.3 is 6.18 Å². The quantitative estimate of drug-likeness (QED) is 0.908. The smallest absolute Gasteiger partial charge is 0.423 e. The van der Waals surface area contributed by atoms with Crippen molar-refractivity contribution in [1.82, 2.24) is 15.1 Å². The highest BCUT2D eigenvalue weighted by atomic mass is 19.4. The maximum atomic E-state index is 12.4. The number of nitrogens with zero attached hydrogens (tertiary/aromatic N) is 3. The van der Waals surface area contributed by atoms with E-state index in [4.69, 9.17) is 9.52 Å². The maximum absolute atomic E-state index is 12.4. The zero-order valence-corrected chi connectivity index (χ0v) is 12.6. The van der Waals surface area contributed by atoms with Crippen LogP contribution in [0.15, 0.2) is 4.42 Å². The van der Waals surface area contributed by atoms with Gasteiger partial charge in [-0.2, -0.15) is 13.2 Å². The fourth-order valence-electron chi connectivity index (χ4n) is 3.39. The van der Waals surface area contributed by atoms with Crippen molar-refractivity contribution in [3.8, 4) is 0 Å². The molecule has 1 N–H and O–H groups in total. The molecule has 2 fully saturated rings. The van der Waals surface area contributed by atoms with Crippen molar-refractivity contribution in [2.45, 2.75) is 50.3 Å². The molecule has 0 spiro atoms. The molecular weight excluding hydrogens is 315 g/mol. The molecule has 0 bridgehead atoms. The number of amides is 1. The number of aliphatic hydroxyl groups is 1. The molecule has 0 aromatic carbocycles. The molecule has 2 heterocycles. The first-order valence-corrected chi connectivity index (χ1v) is 7.58. The topological polar surface area (TPSA) is 79.5 Å². The van der Waals surface area contributed by atoms with Crippen LogP contribution in [0, 0.1) is 12.8 Å². The highest BCUT2D eigenvalue weighted by molar-refractivity contribution is 5.81. The Hall–Kier alpha value is -1.64. The molecule has 1 aliphatic heterocycles. The summed E-state index contributed by atoms with van der Waals surface area (Å²) in [4.78, 5) is 12.8. The van der Waals surface area contributed by atoms with Gasteiger partial charge in [-0.05, 0) is 31.6 Å². The fraction of sp³-hybridized carbons (Fsp3) is 0.786. The number of likely N-dealkylation sites (tertiary alicyclic amines) is 1. The number of aliphatic hydroxyl groups excluding tert-OH is 1. The first-order valence-electron chi connectivity index (χ1n) is 7.58. The van der Waals surface area contributed by atoms with Gasteiger partial charge in [-0.15, -0.1) is 10.2 Å². The minimum Gasteiger partial charge on any atom is -0.425 e. The fourth-order valence-corrected chi connectivity index (χ4v) is 3.39. The minimum absolute atomic E-state index is 0.182. The Balaban J connectivity index is 1.62. The number of aromatic nitrogens is 2. The van der Waals surface area contributed by atoms with Crippen molar-refractivity contribution >= 4 is 5.91 Å². The summed E-state index contributed by atoms with van der Waals surface area (Å²) in [6, 6.07) is 0. The monoisotopic (exact) mass is 333 g/mol. The number of hydrogen-bond donors (Lipinski definition) is 1. The van der Waals surface area contributed by atoms with E-state index in [-0.39, 0.29) is 24.4 Å². The molecule has 1 aromatic heterocycles. The highest BCUT2D eigenvalue weighted by Gasteiger charge is 2.55. The van der Waals surface area contributed by atoms with Crippen LogP contribution in [0.2, 0.25) is 0 Å². The van der Waals surface area contributed by atoms with E-state index < -0.39 is 18.2 Å². The molecule has 3 rings (SSSR count). The molecule has 1 aromatic rings. The average Bonchev–Trinajstić information content (AvgIpc) is 3.21. The molecule has 1 atom stereocenters. The van der Waals surface area contributed by atoms with Crippen molar-refractivity contribution in [3.63, 3.8) is 0 Å². The molecule has 1 saturated carbocycles. The Morgan fingerprint density at radius 1 is 1.35 bits per heavy atom. The minimum atomic E-state index is -4.92. The first-order chi connectivity index (χ1) is 10.7. The van der Waals surface area contributed by atoms with Crippen LogP contribution in [0.25, 0.3) is 0 Å². The maximum Gasteiger partial charge on any atom is 0.423 e. The van der Waals surface area contributed by atoms with Gasteiger partial charge in [-0.25, -0.2) is 0 Å². The first kappa shape index (κ1) is 16.2. The number of piperidine rings is 1. The molecule has 128 valence electrons. The van der Waals surface area contributed by atoms with Gasteiger partial charge < -0.3 is 14.4 Å². The molecule has 0 radical (unpaired) electrons. The Bertz CT molecular complexity index is 590. The van der Waals surface area contributed by atoms with E-state index in [1.807, 2.05) is 0 Å². The van der Waals surface area contributed by atoms with E-state index in [2.05, 4.69) is 10.2 Å². The predicted octanol–water partition coefficient (Wildman–Crippen LogP) is 1.57. The number of carbonyl (C=O) groups is 1. The Morgan fingerprint density at radius 2 is 1.96 bits per heavy atom.